The van der Waals surface area contributed by atoms with E-state index < -0.39 is 0 Å². The zero-order valence-electron chi connectivity index (χ0n) is 38.7. The molecule has 61 heavy (non-hydrogen) atoms. The van der Waals surface area contributed by atoms with Crippen LogP contribution in [0.4, 0.5) is 34.1 Å². The Balaban J connectivity index is 1.50. The highest BCUT2D eigenvalue weighted by molar-refractivity contribution is 7.00. The molecule has 0 aromatic heterocycles. The van der Waals surface area contributed by atoms with Crippen LogP contribution in [0, 0.1) is 0 Å². The number of benzene rings is 6. The molecule has 8 rings (SSSR count). The maximum Gasteiger partial charge on any atom is 0.252 e. The van der Waals surface area contributed by atoms with Crippen molar-refractivity contribution in [2.75, 3.05) is 9.80 Å². The average molecular weight is 799 g/mol. The molecular formula is C58H63BN2. The average Bonchev–Trinajstić information content (AvgIpc) is 3.21. The summed E-state index contributed by atoms with van der Waals surface area (Å²) >= 11 is 0. The number of rotatable bonds is 6. The molecule has 0 bridgehead atoms. The van der Waals surface area contributed by atoms with Gasteiger partial charge in [0.2, 0.25) is 0 Å². The van der Waals surface area contributed by atoms with Gasteiger partial charge < -0.3 is 9.80 Å². The Hall–Kier alpha value is -5.80. The normalized spacial score (nSPS) is 14.0. The topological polar surface area (TPSA) is 6.48 Å². The number of anilines is 6. The summed E-state index contributed by atoms with van der Waals surface area (Å²) in [4.78, 5) is 5.08. The van der Waals surface area contributed by atoms with E-state index in [1.165, 1.54) is 72.5 Å². The summed E-state index contributed by atoms with van der Waals surface area (Å²) in [6.45, 7) is 35.8. The molecular weight excluding hydrogens is 735 g/mol. The van der Waals surface area contributed by atoms with Crippen molar-refractivity contribution in [1.29, 1.82) is 0 Å². The van der Waals surface area contributed by atoms with E-state index in [0.29, 0.717) is 0 Å². The lowest BCUT2D eigenvalue weighted by Crippen LogP contribution is -2.61. The Bertz CT molecular complexity index is 2680. The van der Waals surface area contributed by atoms with Crippen molar-refractivity contribution in [3.05, 3.63) is 181 Å². The van der Waals surface area contributed by atoms with E-state index in [1.54, 1.807) is 0 Å². The second-order valence-corrected chi connectivity index (χ2v) is 21.3. The molecule has 0 amide bonds. The van der Waals surface area contributed by atoms with Gasteiger partial charge in [0.05, 0.1) is 0 Å². The maximum atomic E-state index is 4.22. The molecule has 0 unspecified atom stereocenters. The highest BCUT2D eigenvalue weighted by atomic mass is 15.2. The van der Waals surface area contributed by atoms with Crippen molar-refractivity contribution in [1.82, 2.24) is 0 Å². The van der Waals surface area contributed by atoms with Crippen molar-refractivity contribution in [2.45, 2.75) is 105 Å². The molecule has 2 heterocycles. The zero-order chi connectivity index (χ0) is 43.8. The highest BCUT2D eigenvalue weighted by Crippen LogP contribution is 2.47. The first-order chi connectivity index (χ1) is 28.7. The standard InChI is InChI=1S/C58H63BN2/c1-15-17-38(16-2)40-20-33-50-49(34-40)59-48-32-27-45(58(12,13)14)37-51(48)61(47-30-25-44(26-31-47)57(9,10)11)53-36-41(39-18-21-42(22-19-39)55(3,4)5)35-52(54(53)59)60(50)46-28-23-43(24-29-46)56(6,7)8/h15-37H,1-2H2,3-14H3/b38-17+. The van der Waals surface area contributed by atoms with E-state index in [9.17, 15) is 0 Å². The van der Waals surface area contributed by atoms with Crippen LogP contribution in [-0.4, -0.2) is 6.71 Å². The summed E-state index contributed by atoms with van der Waals surface area (Å²) in [5.74, 6) is 0. The predicted octanol–water partition coefficient (Wildman–Crippen LogP) is 14.4. The lowest BCUT2D eigenvalue weighted by Gasteiger charge is -2.45. The summed E-state index contributed by atoms with van der Waals surface area (Å²) in [6, 6.07) is 47.0. The largest absolute Gasteiger partial charge is 0.311 e. The van der Waals surface area contributed by atoms with Crippen molar-refractivity contribution < 1.29 is 0 Å². The van der Waals surface area contributed by atoms with Gasteiger partial charge in [0, 0.05) is 34.1 Å². The molecule has 0 saturated carbocycles. The van der Waals surface area contributed by atoms with Crippen molar-refractivity contribution in [3.63, 3.8) is 0 Å². The molecule has 2 aliphatic heterocycles. The third-order valence-corrected chi connectivity index (χ3v) is 12.9. The Kier molecular flexibility index (Phi) is 10.3. The van der Waals surface area contributed by atoms with Crippen molar-refractivity contribution in [3.8, 4) is 11.1 Å². The predicted molar refractivity (Wildman–Crippen MR) is 269 cm³/mol. The summed E-state index contributed by atoms with van der Waals surface area (Å²) < 4.78 is 0. The van der Waals surface area contributed by atoms with Crippen LogP contribution in [0.25, 0.3) is 16.7 Å². The van der Waals surface area contributed by atoms with Crippen LogP contribution in [0.15, 0.2) is 153 Å². The molecule has 2 aliphatic rings. The quantitative estimate of drug-likeness (QED) is 0.122. The summed E-state index contributed by atoms with van der Waals surface area (Å²) in [5.41, 5.74) is 21.0. The smallest absolute Gasteiger partial charge is 0.252 e. The SMILES string of the molecule is C=C/C=C(\C=C)c1ccc2c(c1)B1c3ccc(C(C)(C)C)cc3N(c3ccc(C(C)(C)C)cc3)c3cc(-c4ccc(C(C)(C)C)cc4)cc(c31)N2c1ccc(C(C)(C)C)cc1. The van der Waals surface area contributed by atoms with E-state index in [4.69, 9.17) is 0 Å². The minimum atomic E-state index is -0.0408. The molecule has 6 aromatic carbocycles. The minimum absolute atomic E-state index is 0.0220. The Morgan fingerprint density at radius 3 is 1.36 bits per heavy atom. The van der Waals surface area contributed by atoms with Gasteiger partial charge >= 0.3 is 0 Å². The number of nitrogens with zero attached hydrogens (tertiary/aromatic N) is 2. The number of fused-ring (bicyclic) bond motifs is 4. The van der Waals surface area contributed by atoms with Crippen LogP contribution in [0.5, 0.6) is 0 Å². The minimum Gasteiger partial charge on any atom is -0.311 e. The Labute approximate surface area is 367 Å². The Morgan fingerprint density at radius 1 is 0.443 bits per heavy atom. The number of hydrogen-bond donors (Lipinski definition) is 0. The fourth-order valence-electron chi connectivity index (χ4n) is 9.16. The molecule has 0 N–H and O–H groups in total. The van der Waals surface area contributed by atoms with Gasteiger partial charge in [0.15, 0.2) is 0 Å². The van der Waals surface area contributed by atoms with Gasteiger partial charge in [-0.2, -0.15) is 0 Å². The van der Waals surface area contributed by atoms with Gasteiger partial charge in [0.1, 0.15) is 0 Å². The summed E-state index contributed by atoms with van der Waals surface area (Å²) in [5, 5.41) is 0. The number of hydrogen-bond acceptors (Lipinski definition) is 2. The van der Waals surface area contributed by atoms with Crippen LogP contribution in [0.2, 0.25) is 0 Å². The Morgan fingerprint density at radius 2 is 0.902 bits per heavy atom. The molecule has 0 atom stereocenters. The second-order valence-electron chi connectivity index (χ2n) is 21.3. The van der Waals surface area contributed by atoms with E-state index in [0.717, 1.165) is 22.5 Å². The second kappa shape index (κ2) is 15.0. The van der Waals surface area contributed by atoms with Crippen molar-refractivity contribution in [2.24, 2.45) is 0 Å². The fraction of sp³-hybridized carbons (Fsp3) is 0.276. The first kappa shape index (κ1) is 41.9. The molecule has 3 heteroatoms. The van der Waals surface area contributed by atoms with E-state index >= 15 is 0 Å². The molecule has 2 nitrogen and oxygen atoms in total. The van der Waals surface area contributed by atoms with Crippen LogP contribution in [0.1, 0.15) is 111 Å². The van der Waals surface area contributed by atoms with Crippen LogP contribution in [0.3, 0.4) is 0 Å². The first-order valence-corrected chi connectivity index (χ1v) is 22.0. The molecule has 0 spiro atoms. The van der Waals surface area contributed by atoms with Gasteiger partial charge in [0.25, 0.3) is 6.71 Å². The summed E-state index contributed by atoms with van der Waals surface area (Å²) in [7, 11) is 0. The maximum absolute atomic E-state index is 4.22. The third kappa shape index (κ3) is 7.62. The van der Waals surface area contributed by atoms with Crippen LogP contribution in [-0.2, 0) is 21.7 Å². The molecule has 0 saturated heterocycles. The fourth-order valence-corrected chi connectivity index (χ4v) is 9.16. The van der Waals surface area contributed by atoms with Crippen molar-refractivity contribution >= 4 is 62.8 Å². The molecule has 6 aromatic rings. The molecule has 308 valence electrons. The number of allylic oxidation sites excluding steroid dienone is 4. The molecule has 0 fully saturated rings. The van der Waals surface area contributed by atoms with Gasteiger partial charge in [-0.25, -0.2) is 0 Å². The van der Waals surface area contributed by atoms with Crippen LogP contribution >= 0.6 is 0 Å². The lowest BCUT2D eigenvalue weighted by atomic mass is 9.33. The third-order valence-electron chi connectivity index (χ3n) is 12.9. The van der Waals surface area contributed by atoms with Gasteiger partial charge in [-0.15, -0.1) is 0 Å². The first-order valence-electron chi connectivity index (χ1n) is 22.0. The highest BCUT2D eigenvalue weighted by Gasteiger charge is 2.44. The monoisotopic (exact) mass is 799 g/mol. The summed E-state index contributed by atoms with van der Waals surface area (Å²) in [6.07, 6.45) is 5.86. The molecule has 0 aliphatic carbocycles. The van der Waals surface area contributed by atoms with Gasteiger partial charge in [-0.3, -0.25) is 0 Å². The lowest BCUT2D eigenvalue weighted by molar-refractivity contribution is 0.590. The van der Waals surface area contributed by atoms with E-state index in [-0.39, 0.29) is 28.4 Å². The molecule has 0 radical (unpaired) electrons. The zero-order valence-corrected chi connectivity index (χ0v) is 38.7. The van der Waals surface area contributed by atoms with Crippen LogP contribution < -0.4 is 26.2 Å². The van der Waals surface area contributed by atoms with Gasteiger partial charge in [-0.1, -0.05) is 187 Å². The van der Waals surface area contributed by atoms with E-state index in [2.05, 4.69) is 233 Å². The van der Waals surface area contributed by atoms with Gasteiger partial charge in [-0.05, 0) is 131 Å². The van der Waals surface area contributed by atoms with E-state index in [1.807, 2.05) is 12.2 Å².